The van der Waals surface area contributed by atoms with Crippen LogP contribution in [0.2, 0.25) is 0 Å². The van der Waals surface area contributed by atoms with Gasteiger partial charge in [0.1, 0.15) is 0 Å². The average molecular weight is 86.2 g/mol. The third-order valence-corrected chi connectivity index (χ3v) is 0.944. The predicted molar refractivity (Wildman–Crippen MR) is 24.3 cm³/mol. The maximum atomic E-state index is 6.89. The highest BCUT2D eigenvalue weighted by molar-refractivity contribution is 7.07. The fraction of sp³-hybridized carbons (Fsp3) is 0. The first-order valence-electron chi connectivity index (χ1n) is 1.88. The molecule has 0 amide bonds. The minimum absolute atomic E-state index is 0.611. The highest BCUT2D eigenvalue weighted by Gasteiger charge is 1.58. The van der Waals surface area contributed by atoms with E-state index in [1.54, 1.807) is 22.8 Å². The van der Waals surface area contributed by atoms with Gasteiger partial charge in [-0.2, -0.15) is 11.3 Å². The van der Waals surface area contributed by atoms with Crippen LogP contribution in [0.1, 0.15) is 1.37 Å². The van der Waals surface area contributed by atoms with Crippen molar-refractivity contribution in [3.05, 3.63) is 22.9 Å². The molecule has 0 aliphatic rings. The fourth-order valence-corrected chi connectivity index (χ4v) is 0.589. The maximum Gasteiger partial charge on any atom is 0.0631 e. The monoisotopic (exact) mass is 86.0 g/mol. The molecule has 1 heterocycles. The van der Waals surface area contributed by atoms with Crippen molar-refractivity contribution in [2.75, 3.05) is 0 Å². The van der Waals surface area contributed by atoms with E-state index in [9.17, 15) is 0 Å². The van der Waals surface area contributed by atoms with Crippen molar-refractivity contribution < 1.29 is 1.37 Å². The van der Waals surface area contributed by atoms with Crippen LogP contribution >= 0.6 is 11.3 Å². The summed E-state index contributed by atoms with van der Waals surface area (Å²) in [6, 6.07) is 2.38. The van der Waals surface area contributed by atoms with Gasteiger partial charge in [0.05, 0.1) is 1.37 Å². The molecule has 0 N–H and O–H groups in total. The number of thiophene rings is 1. The molecular weight excluding hydrogens is 80.1 g/mol. The van der Waals surface area contributed by atoms with Gasteiger partial charge in [0.15, 0.2) is 0 Å². The standard InChI is InChI=1S/C4H4S/c1-2-4-5-3-1/h1-4H/i1T. The van der Waals surface area contributed by atoms with Crippen LogP contribution in [0.25, 0.3) is 0 Å². The molecule has 0 saturated carbocycles. The second kappa shape index (κ2) is 1.22. The second-order valence-corrected chi connectivity index (χ2v) is 1.50. The lowest BCUT2D eigenvalue weighted by Crippen LogP contribution is -1.16. The summed E-state index contributed by atoms with van der Waals surface area (Å²) in [6.07, 6.45) is 0. The summed E-state index contributed by atoms with van der Waals surface area (Å²) in [5.74, 6) is 0. The minimum Gasteiger partial charge on any atom is -0.152 e. The van der Waals surface area contributed by atoms with Crippen molar-refractivity contribution in [2.45, 2.75) is 0 Å². The van der Waals surface area contributed by atoms with Gasteiger partial charge < -0.3 is 0 Å². The van der Waals surface area contributed by atoms with E-state index >= 15 is 0 Å². The van der Waals surface area contributed by atoms with E-state index in [1.807, 2.05) is 5.38 Å². The Labute approximate surface area is 36.5 Å². The van der Waals surface area contributed by atoms with Gasteiger partial charge in [0.25, 0.3) is 0 Å². The van der Waals surface area contributed by atoms with Crippen molar-refractivity contribution in [2.24, 2.45) is 0 Å². The quantitative estimate of drug-likeness (QED) is 0.451. The lowest BCUT2D eigenvalue weighted by atomic mass is 10.7. The van der Waals surface area contributed by atoms with Crippen LogP contribution in [-0.4, -0.2) is 0 Å². The summed E-state index contributed by atoms with van der Waals surface area (Å²) >= 11 is 1.55. The Kier molecular flexibility index (Phi) is 0.484. The summed E-state index contributed by atoms with van der Waals surface area (Å²) in [4.78, 5) is 0. The number of hydrogen-bond donors (Lipinski definition) is 0. The summed E-state index contributed by atoms with van der Waals surface area (Å²) in [5.41, 5.74) is 0. The SMILES string of the molecule is [3H]c1ccsc1. The van der Waals surface area contributed by atoms with Crippen LogP contribution in [0.3, 0.4) is 0 Å². The molecule has 26 valence electrons. The van der Waals surface area contributed by atoms with Crippen molar-refractivity contribution in [1.82, 2.24) is 0 Å². The molecule has 1 rings (SSSR count). The Morgan fingerprint density at radius 3 is 2.80 bits per heavy atom. The van der Waals surface area contributed by atoms with Crippen molar-refractivity contribution in [3.8, 4) is 0 Å². The first-order chi connectivity index (χ1) is 2.89. The molecule has 0 radical (unpaired) electrons. The Bertz CT molecular complexity index is 111. The lowest BCUT2D eigenvalue weighted by Gasteiger charge is -1.39. The van der Waals surface area contributed by atoms with Crippen LogP contribution in [0.15, 0.2) is 22.9 Å². The Morgan fingerprint density at radius 2 is 2.60 bits per heavy atom. The van der Waals surface area contributed by atoms with Gasteiger partial charge in [-0.3, -0.25) is 0 Å². The molecule has 0 bridgehead atoms. The van der Waals surface area contributed by atoms with Crippen LogP contribution in [-0.2, 0) is 0 Å². The minimum atomic E-state index is 0.611. The van der Waals surface area contributed by atoms with Crippen LogP contribution in [0.5, 0.6) is 0 Å². The number of rotatable bonds is 0. The highest BCUT2D eigenvalue weighted by atomic mass is 32.1. The fourth-order valence-electron chi connectivity index (χ4n) is 0.196. The molecule has 0 spiro atoms. The summed E-state index contributed by atoms with van der Waals surface area (Å²) in [7, 11) is 0. The maximum absolute atomic E-state index is 6.89. The van der Waals surface area contributed by atoms with Crippen molar-refractivity contribution in [1.29, 1.82) is 0 Å². The average Bonchev–Trinajstić information content (AvgIpc) is 1.86. The topological polar surface area (TPSA) is 0 Å². The largest absolute Gasteiger partial charge is 0.152 e. The Balaban J connectivity index is 3.05. The molecule has 1 aromatic rings. The molecule has 0 nitrogen and oxygen atoms in total. The molecule has 1 aromatic heterocycles. The second-order valence-electron chi connectivity index (χ2n) is 0.723. The zero-order valence-electron chi connectivity index (χ0n) is 3.64. The Hall–Kier alpha value is -0.300. The van der Waals surface area contributed by atoms with Gasteiger partial charge in [-0.1, -0.05) is 12.1 Å². The molecule has 0 aromatic carbocycles. The molecule has 0 aliphatic heterocycles. The first kappa shape index (κ1) is 1.98. The molecule has 5 heavy (non-hydrogen) atoms. The smallest absolute Gasteiger partial charge is 0.0631 e. The van der Waals surface area contributed by atoms with Gasteiger partial charge in [-0.05, 0) is 10.8 Å². The summed E-state index contributed by atoms with van der Waals surface area (Å²) in [5, 5.41) is 3.68. The van der Waals surface area contributed by atoms with E-state index in [-0.39, 0.29) is 0 Å². The zero-order chi connectivity index (χ0) is 4.41. The molecule has 0 fully saturated rings. The van der Waals surface area contributed by atoms with E-state index in [2.05, 4.69) is 0 Å². The zero-order valence-corrected chi connectivity index (χ0v) is 3.46. The third-order valence-electron chi connectivity index (χ3n) is 0.379. The van der Waals surface area contributed by atoms with E-state index in [0.29, 0.717) is 6.04 Å². The van der Waals surface area contributed by atoms with Crippen LogP contribution in [0.4, 0.5) is 0 Å². The lowest BCUT2D eigenvalue weighted by molar-refractivity contribution is 2.03. The van der Waals surface area contributed by atoms with E-state index in [0.717, 1.165) is 0 Å². The van der Waals surface area contributed by atoms with Gasteiger partial charge in [0, 0.05) is 0 Å². The van der Waals surface area contributed by atoms with Gasteiger partial charge >= 0.3 is 0 Å². The number of hydrogen-bond acceptors (Lipinski definition) is 1. The van der Waals surface area contributed by atoms with Crippen molar-refractivity contribution in [3.63, 3.8) is 0 Å². The van der Waals surface area contributed by atoms with E-state index < -0.39 is 0 Å². The van der Waals surface area contributed by atoms with Gasteiger partial charge in [-0.15, -0.1) is 0 Å². The Morgan fingerprint density at radius 1 is 1.60 bits per heavy atom. The molecular formula is C4H4S. The van der Waals surface area contributed by atoms with E-state index in [1.165, 1.54) is 0 Å². The van der Waals surface area contributed by atoms with Gasteiger partial charge in [0.2, 0.25) is 0 Å². The molecule has 1 heteroatoms. The van der Waals surface area contributed by atoms with Crippen LogP contribution < -0.4 is 0 Å². The normalized spacial score (nSPS) is 10.8. The summed E-state index contributed by atoms with van der Waals surface area (Å²) < 4.78 is 6.89. The van der Waals surface area contributed by atoms with Crippen LogP contribution in [0, 0.1) is 0 Å². The molecule has 0 aliphatic carbocycles. The van der Waals surface area contributed by atoms with E-state index in [4.69, 9.17) is 1.37 Å². The highest BCUT2D eigenvalue weighted by Crippen LogP contribution is 1.91. The predicted octanol–water partition coefficient (Wildman–Crippen LogP) is 1.75. The van der Waals surface area contributed by atoms with Gasteiger partial charge in [-0.25, -0.2) is 0 Å². The molecule has 0 unspecified atom stereocenters. The summed E-state index contributed by atoms with van der Waals surface area (Å²) in [6.45, 7) is 0. The first-order valence-corrected chi connectivity index (χ1v) is 2.32. The van der Waals surface area contributed by atoms with Crippen molar-refractivity contribution >= 4 is 11.3 Å². The molecule has 0 saturated heterocycles. The molecule has 0 atom stereocenters. The third kappa shape index (κ3) is 0.484.